The molecule has 63 heavy (non-hydrogen) atoms. The molecule has 3 heterocycles. The number of amides is 4. The number of imide groups is 1. The van der Waals surface area contributed by atoms with Gasteiger partial charge in [0, 0.05) is 30.1 Å². The zero-order valence-corrected chi connectivity index (χ0v) is 36.5. The molecule has 1 unspecified atom stereocenters. The monoisotopic (exact) mass is 856 g/mol. The average molecular weight is 857 g/mol. The summed E-state index contributed by atoms with van der Waals surface area (Å²) in [6.07, 6.45) is 5.06. The lowest BCUT2D eigenvalue weighted by molar-refractivity contribution is -0.255. The van der Waals surface area contributed by atoms with Gasteiger partial charge in [0.2, 0.25) is 11.8 Å². The third-order valence-corrected chi connectivity index (χ3v) is 12.9. The molecule has 3 saturated heterocycles. The number of piperidine rings is 1. The van der Waals surface area contributed by atoms with Gasteiger partial charge in [0.25, 0.3) is 5.91 Å². The van der Waals surface area contributed by atoms with Crippen molar-refractivity contribution in [1.29, 1.82) is 0 Å². The molecule has 3 aliphatic heterocycles. The zero-order valence-electron chi connectivity index (χ0n) is 36.5. The Morgan fingerprint density at radius 3 is 2.27 bits per heavy atom. The molecule has 332 valence electrons. The first kappa shape index (κ1) is 44.2. The fraction of sp³-hybridized carbons (Fsp3) is 0.451. The number of benzene rings is 4. The molecule has 3 N–H and O–H groups in total. The number of likely N-dealkylation sites (tertiary alicyclic amines) is 2. The highest BCUT2D eigenvalue weighted by atomic mass is 16.7. The minimum Gasteiger partial charge on any atom is -0.445 e. The standard InChI is InChI=1S/C51H60N4O8/c1-51(2,3)53-47(58)44-26-25-36-13-8-10-16-43(36)54(44)30-40-27-45(37-19-17-33(31-56)18-20-37)63-49(62-40)38-23-21-35(22-24-38)41-15-9-7-14-39(41)29-55-46(57)28-42(48(55)59)52-50(60)61-32-34-11-5-4-6-12-34/h4-7,9,11-12,14-15,17-24,36,40,42-45,49,56H,8,10,13,16,25-32H2,1-3H3,(H,52,60)(H,53,58)/t36-,40-,42?,43-,44-,45+,49+/m1/s1. The van der Waals surface area contributed by atoms with Gasteiger partial charge >= 0.3 is 6.09 Å². The predicted octanol–water partition coefficient (Wildman–Crippen LogP) is 7.88. The number of ether oxygens (including phenoxy) is 3. The number of aliphatic hydroxyl groups is 1. The van der Waals surface area contributed by atoms with Crippen LogP contribution in [0.2, 0.25) is 0 Å². The van der Waals surface area contributed by atoms with Crippen LogP contribution in [0.1, 0.15) is 112 Å². The van der Waals surface area contributed by atoms with Crippen LogP contribution in [0.5, 0.6) is 0 Å². The van der Waals surface area contributed by atoms with Crippen molar-refractivity contribution in [2.75, 3.05) is 6.54 Å². The molecular weight excluding hydrogens is 797 g/mol. The molecule has 12 heteroatoms. The van der Waals surface area contributed by atoms with Crippen molar-refractivity contribution < 1.29 is 38.5 Å². The van der Waals surface area contributed by atoms with Gasteiger partial charge in [-0.3, -0.25) is 24.2 Å². The summed E-state index contributed by atoms with van der Waals surface area (Å²) in [6.45, 7) is 6.76. The minimum absolute atomic E-state index is 0.0421. The maximum atomic E-state index is 13.9. The molecular formula is C51H60N4O8. The second kappa shape index (κ2) is 19.6. The van der Waals surface area contributed by atoms with E-state index in [0.29, 0.717) is 24.9 Å². The molecule has 0 aromatic heterocycles. The Labute approximate surface area is 370 Å². The molecule has 4 aromatic carbocycles. The average Bonchev–Trinajstić information content (AvgIpc) is 3.55. The first-order valence-electron chi connectivity index (χ1n) is 22.5. The fourth-order valence-electron chi connectivity index (χ4n) is 9.79. The van der Waals surface area contributed by atoms with Crippen molar-refractivity contribution in [1.82, 2.24) is 20.4 Å². The van der Waals surface area contributed by atoms with Gasteiger partial charge < -0.3 is 30.0 Å². The second-order valence-electron chi connectivity index (χ2n) is 18.6. The summed E-state index contributed by atoms with van der Waals surface area (Å²) in [5, 5.41) is 15.6. The van der Waals surface area contributed by atoms with E-state index >= 15 is 0 Å². The van der Waals surface area contributed by atoms with Crippen LogP contribution in [0.25, 0.3) is 11.1 Å². The van der Waals surface area contributed by atoms with E-state index in [4.69, 9.17) is 14.2 Å². The van der Waals surface area contributed by atoms with E-state index in [1.807, 2.05) is 124 Å². The fourth-order valence-corrected chi connectivity index (χ4v) is 9.79. The van der Waals surface area contributed by atoms with E-state index in [1.54, 1.807) is 0 Å². The molecule has 0 bridgehead atoms. The number of rotatable bonds is 12. The molecule has 0 spiro atoms. The molecule has 1 saturated carbocycles. The lowest BCUT2D eigenvalue weighted by atomic mass is 9.75. The minimum atomic E-state index is -1.01. The second-order valence-corrected chi connectivity index (χ2v) is 18.6. The number of carbonyl (C=O) groups excluding carboxylic acids is 4. The highest BCUT2D eigenvalue weighted by molar-refractivity contribution is 6.06. The summed E-state index contributed by atoms with van der Waals surface area (Å²) in [6, 6.07) is 31.8. The van der Waals surface area contributed by atoms with Crippen molar-refractivity contribution in [3.05, 3.63) is 131 Å². The number of carbonyl (C=O) groups is 4. The summed E-state index contributed by atoms with van der Waals surface area (Å²) in [7, 11) is 0. The highest BCUT2D eigenvalue weighted by Gasteiger charge is 2.45. The number of fused-ring (bicyclic) bond motifs is 1. The van der Waals surface area contributed by atoms with Crippen LogP contribution >= 0.6 is 0 Å². The summed E-state index contributed by atoms with van der Waals surface area (Å²) < 4.78 is 18.9. The smallest absolute Gasteiger partial charge is 0.408 e. The van der Waals surface area contributed by atoms with Crippen LogP contribution in [0, 0.1) is 5.92 Å². The molecule has 1 aliphatic carbocycles. The van der Waals surface area contributed by atoms with E-state index in [0.717, 1.165) is 64.6 Å². The molecule has 8 rings (SSSR count). The van der Waals surface area contributed by atoms with Crippen molar-refractivity contribution in [3.8, 4) is 11.1 Å². The Hall–Kier alpha value is -5.40. The SMILES string of the molecule is CC(C)(C)NC(=O)[C@H]1CC[C@H]2CCCC[C@H]2N1C[C@H]1C[C@@H](c2ccc(CO)cc2)O[C@@H](c2ccc(-c3ccccc3CN3C(=O)CC(NC(=O)OCc4ccccc4)C3=O)cc2)O1. The van der Waals surface area contributed by atoms with Gasteiger partial charge in [-0.15, -0.1) is 0 Å². The Morgan fingerprint density at radius 1 is 0.810 bits per heavy atom. The van der Waals surface area contributed by atoms with Gasteiger partial charge in [-0.25, -0.2) is 4.79 Å². The number of hydrogen-bond acceptors (Lipinski definition) is 9. The van der Waals surface area contributed by atoms with E-state index in [2.05, 4.69) is 15.5 Å². The number of nitrogens with zero attached hydrogens (tertiary/aromatic N) is 2. The molecule has 4 amide bonds. The Bertz CT molecular complexity index is 2230. The third-order valence-electron chi connectivity index (χ3n) is 12.9. The van der Waals surface area contributed by atoms with Gasteiger partial charge in [-0.1, -0.05) is 116 Å². The Morgan fingerprint density at radius 2 is 1.52 bits per heavy atom. The number of nitrogens with one attached hydrogen (secondary N) is 2. The maximum absolute atomic E-state index is 13.9. The first-order chi connectivity index (χ1) is 30.4. The third kappa shape index (κ3) is 10.7. The van der Waals surface area contributed by atoms with Crippen LogP contribution in [-0.2, 0) is 48.4 Å². The highest BCUT2D eigenvalue weighted by Crippen LogP contribution is 2.42. The van der Waals surface area contributed by atoms with Gasteiger partial charge in [0.05, 0.1) is 37.8 Å². The van der Waals surface area contributed by atoms with Crippen LogP contribution in [-0.4, -0.2) is 75.0 Å². The molecule has 7 atom stereocenters. The van der Waals surface area contributed by atoms with Crippen LogP contribution in [0.3, 0.4) is 0 Å². The van der Waals surface area contributed by atoms with Gasteiger partial charge in [0.15, 0.2) is 6.29 Å². The van der Waals surface area contributed by atoms with Gasteiger partial charge in [-0.2, -0.15) is 0 Å². The molecule has 4 fully saturated rings. The Kier molecular flexibility index (Phi) is 13.7. The van der Waals surface area contributed by atoms with E-state index < -0.39 is 24.3 Å². The molecule has 4 aliphatic rings. The quantitative estimate of drug-likeness (QED) is 0.121. The van der Waals surface area contributed by atoms with Gasteiger partial charge in [0.1, 0.15) is 12.6 Å². The normalized spacial score (nSPS) is 25.3. The molecule has 4 aromatic rings. The predicted molar refractivity (Wildman–Crippen MR) is 237 cm³/mol. The number of aliphatic hydroxyl groups excluding tert-OH is 1. The summed E-state index contributed by atoms with van der Waals surface area (Å²) >= 11 is 0. The van der Waals surface area contributed by atoms with Crippen LogP contribution in [0.15, 0.2) is 103 Å². The molecule has 0 radical (unpaired) electrons. The van der Waals surface area contributed by atoms with E-state index in [1.165, 1.54) is 17.7 Å². The summed E-state index contributed by atoms with van der Waals surface area (Å²) in [4.78, 5) is 56.7. The zero-order chi connectivity index (χ0) is 44.1. The summed E-state index contributed by atoms with van der Waals surface area (Å²) in [5.74, 6) is -0.200. The van der Waals surface area contributed by atoms with Crippen molar-refractivity contribution in [2.24, 2.45) is 5.92 Å². The largest absolute Gasteiger partial charge is 0.445 e. The van der Waals surface area contributed by atoms with E-state index in [-0.39, 0.29) is 61.8 Å². The van der Waals surface area contributed by atoms with Crippen molar-refractivity contribution >= 4 is 23.8 Å². The van der Waals surface area contributed by atoms with E-state index in [9.17, 15) is 24.3 Å². The molecule has 12 nitrogen and oxygen atoms in total. The number of hydrogen-bond donors (Lipinski definition) is 3. The first-order valence-corrected chi connectivity index (χ1v) is 22.5. The topological polar surface area (TPSA) is 147 Å². The van der Waals surface area contributed by atoms with Gasteiger partial charge in [-0.05, 0) is 85.8 Å². The van der Waals surface area contributed by atoms with Crippen molar-refractivity contribution in [3.63, 3.8) is 0 Å². The summed E-state index contributed by atoms with van der Waals surface area (Å²) in [5.41, 5.74) is 5.67. The number of alkyl carbamates (subject to hydrolysis) is 1. The van der Waals surface area contributed by atoms with Crippen molar-refractivity contribution in [2.45, 2.75) is 134 Å². The van der Waals surface area contributed by atoms with Crippen LogP contribution < -0.4 is 10.6 Å². The van der Waals surface area contributed by atoms with Crippen LogP contribution in [0.4, 0.5) is 4.79 Å². The lowest BCUT2D eigenvalue weighted by Gasteiger charge is -2.50. The lowest BCUT2D eigenvalue weighted by Crippen LogP contribution is -2.61. The Balaban J connectivity index is 0.989. The maximum Gasteiger partial charge on any atom is 0.408 e.